The minimum absolute atomic E-state index is 0.450. The van der Waals surface area contributed by atoms with Crippen LogP contribution in [-0.2, 0) is 17.6 Å². The molecule has 1 aliphatic rings. The van der Waals surface area contributed by atoms with E-state index in [0.29, 0.717) is 17.0 Å². The van der Waals surface area contributed by atoms with Gasteiger partial charge in [-0.1, -0.05) is 11.6 Å². The number of nitrogens with one attached hydrogen (secondary N) is 2. The van der Waals surface area contributed by atoms with Crippen molar-refractivity contribution >= 4 is 45.9 Å². The summed E-state index contributed by atoms with van der Waals surface area (Å²) in [4.78, 5) is 22.7. The zero-order chi connectivity index (χ0) is 18.8. The Balaban J connectivity index is 0.000000246. The molecule has 1 aromatic heterocycles. The Bertz CT molecular complexity index is 701. The Labute approximate surface area is 156 Å². The van der Waals surface area contributed by atoms with Crippen molar-refractivity contribution in [3.8, 4) is 0 Å². The van der Waals surface area contributed by atoms with Gasteiger partial charge < -0.3 is 22.1 Å². The van der Waals surface area contributed by atoms with Crippen LogP contribution >= 0.6 is 22.9 Å². The number of hydrogen-bond donors (Lipinski definition) is 4. The highest BCUT2D eigenvalue weighted by atomic mass is 35.5. The fraction of sp³-hybridized carbons (Fsp3) is 0.294. The summed E-state index contributed by atoms with van der Waals surface area (Å²) in [5.74, 6) is -0.450. The van der Waals surface area contributed by atoms with Crippen molar-refractivity contribution in [1.82, 2.24) is 0 Å². The lowest BCUT2D eigenvalue weighted by atomic mass is 10.1. The lowest BCUT2D eigenvalue weighted by Gasteiger charge is -1.99. The van der Waals surface area contributed by atoms with Crippen LogP contribution in [0, 0.1) is 0 Å². The highest BCUT2D eigenvalue weighted by Gasteiger charge is 2.24. The number of carbonyl (C=O) groups excluding carboxylic acids is 2. The maximum absolute atomic E-state index is 11.2. The van der Waals surface area contributed by atoms with E-state index in [9.17, 15) is 9.59 Å². The second-order valence-corrected chi connectivity index (χ2v) is 6.49. The van der Waals surface area contributed by atoms with Crippen molar-refractivity contribution in [2.75, 3.05) is 24.7 Å². The van der Waals surface area contributed by atoms with Crippen LogP contribution in [0.5, 0.6) is 0 Å². The Hall–Kier alpha value is -2.09. The molecule has 6 nitrogen and oxygen atoms in total. The first-order valence-electron chi connectivity index (χ1n) is 7.72. The molecule has 2 amide bonds. The van der Waals surface area contributed by atoms with E-state index in [1.807, 2.05) is 31.3 Å². The molecule has 25 heavy (non-hydrogen) atoms. The largest absolute Gasteiger partial charge is 0.388 e. The SMILES string of the molecule is CN.CNc1ccc(Cl)cc1.NC(=O)c1c(NC=O)sc2c1CCC2. The summed E-state index contributed by atoms with van der Waals surface area (Å²) in [5.41, 5.74) is 12.4. The summed E-state index contributed by atoms with van der Waals surface area (Å²) in [5, 5.41) is 6.89. The van der Waals surface area contributed by atoms with Gasteiger partial charge in [0.1, 0.15) is 5.00 Å². The zero-order valence-electron chi connectivity index (χ0n) is 14.3. The third-order valence-corrected chi connectivity index (χ3v) is 4.97. The van der Waals surface area contributed by atoms with Gasteiger partial charge in [0.2, 0.25) is 6.41 Å². The monoisotopic (exact) mass is 382 g/mol. The van der Waals surface area contributed by atoms with Crippen LogP contribution < -0.4 is 22.1 Å². The second-order valence-electron chi connectivity index (χ2n) is 4.94. The summed E-state index contributed by atoms with van der Waals surface area (Å²) in [6.07, 6.45) is 3.53. The molecule has 3 rings (SSSR count). The number of primary amides is 1. The van der Waals surface area contributed by atoms with Crippen molar-refractivity contribution < 1.29 is 9.59 Å². The van der Waals surface area contributed by atoms with Gasteiger partial charge in [-0.05, 0) is 56.1 Å². The molecule has 0 fully saturated rings. The summed E-state index contributed by atoms with van der Waals surface area (Å²) in [6.45, 7) is 0. The fourth-order valence-corrected chi connectivity index (χ4v) is 3.82. The maximum Gasteiger partial charge on any atom is 0.251 e. The van der Waals surface area contributed by atoms with Crippen LogP contribution in [0.2, 0.25) is 5.02 Å². The summed E-state index contributed by atoms with van der Waals surface area (Å²) >= 11 is 7.10. The van der Waals surface area contributed by atoms with Crippen LogP contribution in [0.1, 0.15) is 27.2 Å². The summed E-state index contributed by atoms with van der Waals surface area (Å²) < 4.78 is 0. The van der Waals surface area contributed by atoms with Crippen LogP contribution in [-0.4, -0.2) is 26.4 Å². The van der Waals surface area contributed by atoms with E-state index in [0.717, 1.165) is 35.5 Å². The van der Waals surface area contributed by atoms with Crippen molar-refractivity contribution in [3.05, 3.63) is 45.3 Å². The molecule has 0 bridgehead atoms. The number of halogens is 1. The van der Waals surface area contributed by atoms with Gasteiger partial charge in [-0.2, -0.15) is 0 Å². The summed E-state index contributed by atoms with van der Waals surface area (Å²) in [6, 6.07) is 7.57. The molecule has 0 atom stereocenters. The molecule has 2 aromatic rings. The number of carbonyl (C=O) groups is 2. The first-order chi connectivity index (χ1) is 12.1. The summed E-state index contributed by atoms with van der Waals surface area (Å²) in [7, 11) is 3.38. The Morgan fingerprint density at radius 1 is 1.24 bits per heavy atom. The number of nitrogens with two attached hydrogens (primary N) is 2. The average Bonchev–Trinajstić information content (AvgIpc) is 3.18. The van der Waals surface area contributed by atoms with E-state index >= 15 is 0 Å². The predicted octanol–water partition coefficient (Wildman–Crippen LogP) is 2.86. The molecule has 1 heterocycles. The molecular weight excluding hydrogens is 360 g/mol. The van der Waals surface area contributed by atoms with E-state index in [4.69, 9.17) is 17.3 Å². The maximum atomic E-state index is 11.2. The van der Waals surface area contributed by atoms with E-state index in [2.05, 4.69) is 16.4 Å². The van der Waals surface area contributed by atoms with Gasteiger partial charge in [0, 0.05) is 22.6 Å². The van der Waals surface area contributed by atoms with Crippen LogP contribution in [0.4, 0.5) is 10.7 Å². The van der Waals surface area contributed by atoms with Gasteiger partial charge in [0.15, 0.2) is 0 Å². The van der Waals surface area contributed by atoms with Gasteiger partial charge in [0.05, 0.1) is 5.56 Å². The van der Waals surface area contributed by atoms with Gasteiger partial charge in [-0.15, -0.1) is 11.3 Å². The van der Waals surface area contributed by atoms with Crippen molar-refractivity contribution in [1.29, 1.82) is 0 Å². The molecule has 0 spiro atoms. The predicted molar refractivity (Wildman–Crippen MR) is 106 cm³/mol. The number of fused-ring (bicyclic) bond motifs is 1. The lowest BCUT2D eigenvalue weighted by Crippen LogP contribution is -2.14. The first kappa shape index (κ1) is 21.0. The van der Waals surface area contributed by atoms with Gasteiger partial charge in [-0.3, -0.25) is 9.59 Å². The number of anilines is 2. The molecule has 0 aliphatic heterocycles. The molecule has 0 radical (unpaired) electrons. The minimum atomic E-state index is -0.450. The topological polar surface area (TPSA) is 110 Å². The third-order valence-electron chi connectivity index (χ3n) is 3.49. The third kappa shape index (κ3) is 5.74. The molecule has 8 heteroatoms. The van der Waals surface area contributed by atoms with E-state index in [1.165, 1.54) is 23.3 Å². The van der Waals surface area contributed by atoms with E-state index in [1.54, 1.807) is 0 Å². The Morgan fingerprint density at radius 2 is 1.88 bits per heavy atom. The van der Waals surface area contributed by atoms with Gasteiger partial charge >= 0.3 is 0 Å². The van der Waals surface area contributed by atoms with Crippen LogP contribution in [0.25, 0.3) is 0 Å². The zero-order valence-corrected chi connectivity index (χ0v) is 15.8. The average molecular weight is 383 g/mol. The molecule has 0 saturated heterocycles. The van der Waals surface area contributed by atoms with Crippen molar-refractivity contribution in [2.24, 2.45) is 11.5 Å². The highest BCUT2D eigenvalue weighted by Crippen LogP contribution is 2.38. The number of rotatable bonds is 4. The van der Waals surface area contributed by atoms with Crippen LogP contribution in [0.15, 0.2) is 24.3 Å². The van der Waals surface area contributed by atoms with Gasteiger partial charge in [0.25, 0.3) is 5.91 Å². The fourth-order valence-electron chi connectivity index (χ4n) is 2.44. The quantitative estimate of drug-likeness (QED) is 0.609. The molecular formula is C17H23ClN4O2S. The molecule has 6 N–H and O–H groups in total. The molecule has 136 valence electrons. The normalized spacial score (nSPS) is 11.2. The molecule has 0 unspecified atom stereocenters. The Kier molecular flexibility index (Phi) is 8.98. The van der Waals surface area contributed by atoms with Gasteiger partial charge in [-0.25, -0.2) is 0 Å². The standard InChI is InChI=1S/C9H10N2O2S.C7H8ClN.CH5N/c10-8(13)7-5-2-1-3-6(5)14-9(7)11-4-12;1-9-7-4-2-6(8)3-5-7;1-2/h4H,1-3H2,(H2,10,13)(H,11,12);2-5,9H,1H3;2H2,1H3. The molecule has 0 saturated carbocycles. The number of benzene rings is 1. The second kappa shape index (κ2) is 10.7. The number of amides is 2. The van der Waals surface area contributed by atoms with Crippen molar-refractivity contribution in [3.63, 3.8) is 0 Å². The highest BCUT2D eigenvalue weighted by molar-refractivity contribution is 7.17. The number of thiophene rings is 1. The molecule has 1 aliphatic carbocycles. The lowest BCUT2D eigenvalue weighted by molar-refractivity contribution is -0.105. The minimum Gasteiger partial charge on any atom is -0.388 e. The van der Waals surface area contributed by atoms with Crippen molar-refractivity contribution in [2.45, 2.75) is 19.3 Å². The number of aryl methyl sites for hydroxylation is 1. The van der Waals surface area contributed by atoms with E-state index < -0.39 is 5.91 Å². The molecule has 1 aromatic carbocycles. The Morgan fingerprint density at radius 3 is 2.40 bits per heavy atom. The smallest absolute Gasteiger partial charge is 0.251 e. The van der Waals surface area contributed by atoms with E-state index in [-0.39, 0.29) is 0 Å². The van der Waals surface area contributed by atoms with Crippen LogP contribution in [0.3, 0.4) is 0 Å². The number of hydrogen-bond acceptors (Lipinski definition) is 5. The first-order valence-corrected chi connectivity index (χ1v) is 8.91.